The molecule has 2 heterocycles. The molecular weight excluding hydrogens is 621 g/mol. The Labute approximate surface area is 276 Å². The molecule has 7 rings (SSSR count). The molecule has 0 fully saturated rings. The molecule has 4 N–H and O–H groups in total. The number of carbonyl (C=O) groups is 2. The van der Waals surface area contributed by atoms with Crippen molar-refractivity contribution >= 4 is 73.6 Å². The minimum Gasteiger partial charge on any atom is -0.507 e. The number of hydrogen-bond donors (Lipinski definition) is 3. The molecule has 5 aromatic rings. The number of anilines is 3. The summed E-state index contributed by atoms with van der Waals surface area (Å²) in [5.41, 5.74) is 10.7. The highest BCUT2D eigenvalue weighted by Crippen LogP contribution is 2.47. The van der Waals surface area contributed by atoms with Gasteiger partial charge >= 0.3 is 0 Å². The molecule has 0 saturated carbocycles. The first kappa shape index (κ1) is 30.2. The molecule has 0 aliphatic carbocycles. The summed E-state index contributed by atoms with van der Waals surface area (Å²) in [6.45, 7) is 0.762. The van der Waals surface area contributed by atoms with Gasteiger partial charge in [-0.15, -0.1) is 23.2 Å². The van der Waals surface area contributed by atoms with Crippen LogP contribution in [0.2, 0.25) is 0 Å². The van der Waals surface area contributed by atoms with Crippen molar-refractivity contribution in [1.29, 1.82) is 0 Å². The molecule has 2 aliphatic rings. The van der Waals surface area contributed by atoms with E-state index in [-0.39, 0.29) is 48.0 Å². The van der Waals surface area contributed by atoms with E-state index in [1.807, 2.05) is 66.7 Å². The highest BCUT2D eigenvalue weighted by molar-refractivity contribution is 6.19. The molecule has 0 bridgehead atoms. The molecule has 2 amide bonds. The largest absolute Gasteiger partial charge is 0.507 e. The van der Waals surface area contributed by atoms with Crippen molar-refractivity contribution in [2.45, 2.75) is 30.6 Å². The van der Waals surface area contributed by atoms with E-state index in [1.54, 1.807) is 28.0 Å². The maximum atomic E-state index is 14.2. The zero-order valence-electron chi connectivity index (χ0n) is 25.0. The molecule has 234 valence electrons. The number of aromatic hydroxyl groups is 2. The minimum atomic E-state index is -0.483. The summed E-state index contributed by atoms with van der Waals surface area (Å²) in [5, 5.41) is 24.9. The lowest BCUT2D eigenvalue weighted by Crippen LogP contribution is -2.34. The van der Waals surface area contributed by atoms with Gasteiger partial charge in [-0.3, -0.25) is 9.59 Å². The van der Waals surface area contributed by atoms with E-state index >= 15 is 0 Å². The van der Waals surface area contributed by atoms with E-state index < -0.39 is 5.92 Å². The molecular formula is C37H33Cl2N3O4. The number of phenolic OH excluding ortho intramolecular Hbond substituents is 2. The quantitative estimate of drug-likeness (QED) is 0.124. The van der Waals surface area contributed by atoms with Gasteiger partial charge in [-0.2, -0.15) is 0 Å². The van der Waals surface area contributed by atoms with E-state index in [4.69, 9.17) is 28.9 Å². The molecule has 2 atom stereocenters. The van der Waals surface area contributed by atoms with E-state index in [1.165, 1.54) is 0 Å². The maximum absolute atomic E-state index is 14.2. The minimum absolute atomic E-state index is 0.0415. The van der Waals surface area contributed by atoms with Gasteiger partial charge in [-0.1, -0.05) is 60.7 Å². The number of nitrogen functional groups attached to an aromatic ring is 1. The van der Waals surface area contributed by atoms with Gasteiger partial charge in [0.2, 0.25) is 11.8 Å². The molecule has 5 aromatic carbocycles. The smallest absolute Gasteiger partial charge is 0.227 e. The summed E-state index contributed by atoms with van der Waals surface area (Å²) in [5.74, 6) is -0.196. The summed E-state index contributed by atoms with van der Waals surface area (Å²) in [6.07, 6.45) is 0.0830. The van der Waals surface area contributed by atoms with Crippen LogP contribution in [0, 0.1) is 0 Å². The summed E-state index contributed by atoms with van der Waals surface area (Å²) >= 11 is 12.9. The van der Waals surface area contributed by atoms with E-state index in [9.17, 15) is 19.8 Å². The van der Waals surface area contributed by atoms with Crippen molar-refractivity contribution in [2.75, 3.05) is 40.4 Å². The second-order valence-electron chi connectivity index (χ2n) is 12.2. The average Bonchev–Trinajstić information content (AvgIpc) is 3.63. The van der Waals surface area contributed by atoms with Gasteiger partial charge in [0.25, 0.3) is 0 Å². The summed E-state index contributed by atoms with van der Waals surface area (Å²) in [4.78, 5) is 31.7. The Morgan fingerprint density at radius 3 is 1.59 bits per heavy atom. The number of fused-ring (bicyclic) bond motifs is 6. The lowest BCUT2D eigenvalue weighted by Gasteiger charge is -2.25. The fourth-order valence-corrected chi connectivity index (χ4v) is 7.84. The van der Waals surface area contributed by atoms with Crippen LogP contribution in [-0.2, 0) is 9.59 Å². The molecule has 2 unspecified atom stereocenters. The van der Waals surface area contributed by atoms with Crippen molar-refractivity contribution in [3.05, 3.63) is 102 Å². The standard InChI is InChI=1S/C37H33Cl2N3O4/c38-17-23-19-41(30-15-32(43)26-8-1-3-10-28(26)36(23)30)34(45)13-22(21-6-5-7-25(40)12-21)14-35(46)42-20-24(18-39)37-29-11-4-2-9-27(29)33(44)16-31(37)42/h1-12,15-16,22-24,43-44H,13-14,17-20,40H2. The van der Waals surface area contributed by atoms with E-state index in [0.29, 0.717) is 52.7 Å². The van der Waals surface area contributed by atoms with Crippen molar-refractivity contribution in [2.24, 2.45) is 0 Å². The fraction of sp³-hybridized carbons (Fsp3) is 0.243. The number of halogens is 2. The highest BCUT2D eigenvalue weighted by Gasteiger charge is 2.38. The number of phenols is 2. The van der Waals surface area contributed by atoms with Crippen LogP contribution in [0.1, 0.15) is 47.3 Å². The van der Waals surface area contributed by atoms with Gasteiger partial charge in [0, 0.05) is 84.0 Å². The number of nitrogens with two attached hydrogens (primary N) is 1. The Morgan fingerprint density at radius 1 is 0.696 bits per heavy atom. The lowest BCUT2D eigenvalue weighted by atomic mass is 9.90. The van der Waals surface area contributed by atoms with Crippen LogP contribution in [0.5, 0.6) is 11.5 Å². The number of hydrogen-bond acceptors (Lipinski definition) is 5. The molecule has 7 nitrogen and oxygen atoms in total. The van der Waals surface area contributed by atoms with E-state index in [0.717, 1.165) is 27.5 Å². The van der Waals surface area contributed by atoms with Crippen molar-refractivity contribution in [1.82, 2.24) is 0 Å². The first-order valence-electron chi connectivity index (χ1n) is 15.4. The number of rotatable bonds is 7. The number of benzene rings is 5. The molecule has 0 aromatic heterocycles. The van der Waals surface area contributed by atoms with Crippen molar-refractivity contribution < 1.29 is 19.8 Å². The summed E-state index contributed by atoms with van der Waals surface area (Å²) < 4.78 is 0. The van der Waals surface area contributed by atoms with Gasteiger partial charge in [-0.25, -0.2) is 0 Å². The van der Waals surface area contributed by atoms with Crippen LogP contribution in [-0.4, -0.2) is 46.9 Å². The van der Waals surface area contributed by atoms with Crippen LogP contribution in [0.4, 0.5) is 17.1 Å². The third-order valence-corrected chi connectivity index (χ3v) is 10.2. The normalized spacial score (nSPS) is 17.8. The topological polar surface area (TPSA) is 107 Å². The van der Waals surface area contributed by atoms with Crippen LogP contribution in [0.3, 0.4) is 0 Å². The van der Waals surface area contributed by atoms with Crippen LogP contribution >= 0.6 is 23.2 Å². The number of alkyl halides is 2. The number of nitrogens with zero attached hydrogens (tertiary/aromatic N) is 2. The predicted octanol–water partition coefficient (Wildman–Crippen LogP) is 7.59. The number of carbonyl (C=O) groups excluding carboxylic acids is 2. The second kappa shape index (κ2) is 12.0. The number of amides is 2. The summed E-state index contributed by atoms with van der Waals surface area (Å²) in [7, 11) is 0. The predicted molar refractivity (Wildman–Crippen MR) is 186 cm³/mol. The van der Waals surface area contributed by atoms with Crippen LogP contribution < -0.4 is 15.5 Å². The van der Waals surface area contributed by atoms with Crippen molar-refractivity contribution in [3.8, 4) is 11.5 Å². The van der Waals surface area contributed by atoms with Gasteiger partial charge in [0.1, 0.15) is 11.5 Å². The highest BCUT2D eigenvalue weighted by atomic mass is 35.5. The molecule has 0 spiro atoms. The third-order valence-electron chi connectivity index (χ3n) is 9.49. The zero-order chi connectivity index (χ0) is 32.1. The van der Waals surface area contributed by atoms with Gasteiger partial charge in [0.05, 0.1) is 11.4 Å². The van der Waals surface area contributed by atoms with Crippen LogP contribution in [0.15, 0.2) is 84.9 Å². The Balaban J connectivity index is 1.22. The SMILES string of the molecule is Nc1cccc(C(CC(=O)N2CC(CCl)c3c2cc(O)c2ccccc32)CC(=O)N2CC(CCl)c3c2cc(O)c2ccccc32)c1. The van der Waals surface area contributed by atoms with Crippen molar-refractivity contribution in [3.63, 3.8) is 0 Å². The molecule has 9 heteroatoms. The van der Waals surface area contributed by atoms with Gasteiger partial charge < -0.3 is 25.7 Å². The Kier molecular flexibility index (Phi) is 7.91. The first-order valence-corrected chi connectivity index (χ1v) is 16.4. The monoisotopic (exact) mass is 653 g/mol. The molecule has 46 heavy (non-hydrogen) atoms. The third kappa shape index (κ3) is 5.08. The lowest BCUT2D eigenvalue weighted by molar-refractivity contribution is -0.120. The first-order chi connectivity index (χ1) is 22.3. The molecule has 2 aliphatic heterocycles. The fourth-order valence-electron chi connectivity index (χ4n) is 7.34. The zero-order valence-corrected chi connectivity index (χ0v) is 26.5. The Bertz CT molecular complexity index is 1890. The van der Waals surface area contributed by atoms with Gasteiger partial charge in [0.15, 0.2) is 0 Å². The average molecular weight is 655 g/mol. The van der Waals surface area contributed by atoms with Crippen LogP contribution in [0.25, 0.3) is 21.5 Å². The Hall–Kier alpha value is -4.46. The van der Waals surface area contributed by atoms with Gasteiger partial charge in [-0.05, 0) is 39.6 Å². The van der Waals surface area contributed by atoms with E-state index in [2.05, 4.69) is 0 Å². The maximum Gasteiger partial charge on any atom is 0.227 e. The Morgan fingerprint density at radius 2 is 1.15 bits per heavy atom. The second-order valence-corrected chi connectivity index (χ2v) is 12.9. The molecule has 0 saturated heterocycles. The molecule has 0 radical (unpaired) electrons. The summed E-state index contributed by atoms with van der Waals surface area (Å²) in [6, 6.07) is 25.7.